The molecule has 2 aromatic carbocycles. The van der Waals surface area contributed by atoms with E-state index in [2.05, 4.69) is 27.5 Å². The molecule has 1 aliphatic rings. The van der Waals surface area contributed by atoms with Crippen LogP contribution in [0.3, 0.4) is 0 Å². The predicted molar refractivity (Wildman–Crippen MR) is 116 cm³/mol. The fourth-order valence-corrected chi connectivity index (χ4v) is 3.84. The molecule has 0 heterocycles. The van der Waals surface area contributed by atoms with Gasteiger partial charge in [0, 0.05) is 5.92 Å². The number of benzene rings is 2. The summed E-state index contributed by atoms with van der Waals surface area (Å²) < 4.78 is 10.1. The Balaban J connectivity index is 1.65. The van der Waals surface area contributed by atoms with Crippen LogP contribution in [-0.4, -0.2) is 43.8 Å². The van der Waals surface area contributed by atoms with E-state index in [0.717, 1.165) is 22.3 Å². The quantitative estimate of drug-likeness (QED) is 0.666. The highest BCUT2D eigenvalue weighted by atomic mass is 16.5. The third-order valence-electron chi connectivity index (χ3n) is 5.48. The smallest absolute Gasteiger partial charge is 0.407 e. The molecule has 164 valence electrons. The SMILES string of the molecule is COC(=O)[C@H](C)NC(=O)[C@H](NC(=O)OCC1c2ccccc2-c2ccccc21)C(C)C. The van der Waals surface area contributed by atoms with Crippen LogP contribution in [0.1, 0.15) is 37.8 Å². The number of amides is 2. The van der Waals surface area contributed by atoms with E-state index >= 15 is 0 Å². The number of rotatable bonds is 7. The number of carbonyl (C=O) groups is 3. The van der Waals surface area contributed by atoms with Crippen molar-refractivity contribution in [3.8, 4) is 11.1 Å². The maximum Gasteiger partial charge on any atom is 0.407 e. The standard InChI is InChI=1S/C24H28N2O5/c1-14(2)21(22(27)25-15(3)23(28)30-4)26-24(29)31-13-20-18-11-7-5-9-16(18)17-10-6-8-12-19(17)20/h5-12,14-15,20-21H,13H2,1-4H3,(H,25,27)(H,26,29)/t15-,21+/m0/s1. The Bertz CT molecular complexity index is 926. The molecule has 0 bridgehead atoms. The van der Waals surface area contributed by atoms with E-state index in [0.29, 0.717) is 0 Å². The van der Waals surface area contributed by atoms with Crippen LogP contribution in [0.5, 0.6) is 0 Å². The molecule has 2 amide bonds. The van der Waals surface area contributed by atoms with Crippen LogP contribution < -0.4 is 10.6 Å². The van der Waals surface area contributed by atoms with Crippen molar-refractivity contribution in [2.24, 2.45) is 5.92 Å². The first-order valence-corrected chi connectivity index (χ1v) is 10.3. The van der Waals surface area contributed by atoms with Gasteiger partial charge in [-0.3, -0.25) is 4.79 Å². The number of hydrogen-bond donors (Lipinski definition) is 2. The number of alkyl carbamates (subject to hydrolysis) is 1. The summed E-state index contributed by atoms with van der Waals surface area (Å²) in [4.78, 5) is 36.6. The van der Waals surface area contributed by atoms with Crippen molar-refractivity contribution in [1.29, 1.82) is 0 Å². The van der Waals surface area contributed by atoms with E-state index in [9.17, 15) is 14.4 Å². The Morgan fingerprint density at radius 1 is 0.903 bits per heavy atom. The summed E-state index contributed by atoms with van der Waals surface area (Å²) >= 11 is 0. The third kappa shape index (κ3) is 4.87. The van der Waals surface area contributed by atoms with Crippen molar-refractivity contribution in [3.63, 3.8) is 0 Å². The molecule has 0 unspecified atom stereocenters. The van der Waals surface area contributed by atoms with Gasteiger partial charge >= 0.3 is 12.1 Å². The van der Waals surface area contributed by atoms with Crippen LogP contribution in [0.15, 0.2) is 48.5 Å². The van der Waals surface area contributed by atoms with Crippen LogP contribution in [0, 0.1) is 5.92 Å². The summed E-state index contributed by atoms with van der Waals surface area (Å²) in [6.45, 7) is 5.28. The van der Waals surface area contributed by atoms with Gasteiger partial charge in [0.05, 0.1) is 7.11 Å². The van der Waals surface area contributed by atoms with Gasteiger partial charge in [-0.25, -0.2) is 9.59 Å². The number of hydrogen-bond acceptors (Lipinski definition) is 5. The van der Waals surface area contributed by atoms with Crippen LogP contribution in [0.4, 0.5) is 4.79 Å². The molecule has 31 heavy (non-hydrogen) atoms. The van der Waals surface area contributed by atoms with Crippen molar-refractivity contribution >= 4 is 18.0 Å². The van der Waals surface area contributed by atoms with Crippen molar-refractivity contribution in [2.75, 3.05) is 13.7 Å². The fraction of sp³-hybridized carbons (Fsp3) is 0.375. The van der Waals surface area contributed by atoms with E-state index in [1.54, 1.807) is 13.8 Å². The minimum absolute atomic E-state index is 0.0659. The van der Waals surface area contributed by atoms with Gasteiger partial charge in [0.1, 0.15) is 18.7 Å². The lowest BCUT2D eigenvalue weighted by Crippen LogP contribution is -2.53. The lowest BCUT2D eigenvalue weighted by Gasteiger charge is -2.23. The number of methoxy groups -OCH3 is 1. The normalized spacial score (nSPS) is 14.2. The van der Waals surface area contributed by atoms with Gasteiger partial charge in [0.2, 0.25) is 5.91 Å². The van der Waals surface area contributed by atoms with Crippen LogP contribution in [-0.2, 0) is 19.1 Å². The van der Waals surface area contributed by atoms with E-state index in [-0.39, 0.29) is 18.4 Å². The Morgan fingerprint density at radius 2 is 1.45 bits per heavy atom. The molecule has 2 N–H and O–H groups in total. The van der Waals surface area contributed by atoms with Crippen molar-refractivity contribution in [3.05, 3.63) is 59.7 Å². The number of carbonyl (C=O) groups excluding carboxylic acids is 3. The van der Waals surface area contributed by atoms with E-state index < -0.39 is 30.1 Å². The highest BCUT2D eigenvalue weighted by Gasteiger charge is 2.31. The largest absolute Gasteiger partial charge is 0.467 e. The molecule has 0 aliphatic heterocycles. The van der Waals surface area contributed by atoms with Crippen molar-refractivity contribution < 1.29 is 23.9 Å². The first kappa shape index (κ1) is 22.3. The number of fused-ring (bicyclic) bond motifs is 3. The molecular formula is C24H28N2O5. The first-order valence-electron chi connectivity index (χ1n) is 10.3. The van der Waals surface area contributed by atoms with Crippen LogP contribution >= 0.6 is 0 Å². The highest BCUT2D eigenvalue weighted by Crippen LogP contribution is 2.44. The molecule has 2 aromatic rings. The van der Waals surface area contributed by atoms with E-state index in [4.69, 9.17) is 4.74 Å². The molecule has 0 saturated heterocycles. The van der Waals surface area contributed by atoms with Gasteiger partial charge in [-0.05, 0) is 35.1 Å². The van der Waals surface area contributed by atoms with Crippen LogP contribution in [0.2, 0.25) is 0 Å². The summed E-state index contributed by atoms with van der Waals surface area (Å²) in [5, 5.41) is 5.18. The summed E-state index contributed by atoms with van der Waals surface area (Å²) in [6.07, 6.45) is -0.679. The predicted octanol–water partition coefficient (Wildman–Crippen LogP) is 3.23. The lowest BCUT2D eigenvalue weighted by molar-refractivity contribution is -0.144. The molecule has 2 atom stereocenters. The Hall–Kier alpha value is -3.35. The van der Waals surface area contributed by atoms with Crippen molar-refractivity contribution in [1.82, 2.24) is 10.6 Å². The number of esters is 1. The zero-order chi connectivity index (χ0) is 22.5. The molecule has 0 aromatic heterocycles. The second-order valence-corrected chi connectivity index (χ2v) is 7.95. The second-order valence-electron chi connectivity index (χ2n) is 7.95. The van der Waals surface area contributed by atoms with Gasteiger partial charge in [-0.15, -0.1) is 0 Å². The first-order chi connectivity index (χ1) is 14.8. The zero-order valence-corrected chi connectivity index (χ0v) is 18.2. The Labute approximate surface area is 182 Å². The molecule has 0 spiro atoms. The highest BCUT2D eigenvalue weighted by molar-refractivity contribution is 5.89. The average molecular weight is 424 g/mol. The number of nitrogens with one attached hydrogen (secondary N) is 2. The molecule has 0 radical (unpaired) electrons. The zero-order valence-electron chi connectivity index (χ0n) is 18.2. The minimum Gasteiger partial charge on any atom is -0.467 e. The van der Waals surface area contributed by atoms with Gasteiger partial charge < -0.3 is 20.1 Å². The number of ether oxygens (including phenoxy) is 2. The second kappa shape index (κ2) is 9.64. The fourth-order valence-electron chi connectivity index (χ4n) is 3.84. The van der Waals surface area contributed by atoms with Gasteiger partial charge in [-0.2, -0.15) is 0 Å². The maximum absolute atomic E-state index is 12.5. The van der Waals surface area contributed by atoms with Gasteiger partial charge in [0.15, 0.2) is 0 Å². The average Bonchev–Trinajstić information content (AvgIpc) is 3.08. The van der Waals surface area contributed by atoms with E-state index in [1.807, 2.05) is 36.4 Å². The summed E-state index contributed by atoms with van der Waals surface area (Å²) in [6, 6.07) is 14.5. The van der Waals surface area contributed by atoms with Gasteiger partial charge in [0.25, 0.3) is 0 Å². The Kier molecular flexibility index (Phi) is 6.95. The van der Waals surface area contributed by atoms with Crippen LogP contribution in [0.25, 0.3) is 11.1 Å². The molecule has 0 fully saturated rings. The van der Waals surface area contributed by atoms with Crippen molar-refractivity contribution in [2.45, 2.75) is 38.8 Å². The molecular weight excluding hydrogens is 396 g/mol. The maximum atomic E-state index is 12.5. The summed E-state index contributed by atoms with van der Waals surface area (Å²) in [5.41, 5.74) is 4.51. The van der Waals surface area contributed by atoms with Gasteiger partial charge in [-0.1, -0.05) is 62.4 Å². The molecule has 3 rings (SSSR count). The lowest BCUT2D eigenvalue weighted by atomic mass is 9.98. The monoisotopic (exact) mass is 424 g/mol. The van der Waals surface area contributed by atoms with E-state index in [1.165, 1.54) is 14.0 Å². The summed E-state index contributed by atoms with van der Waals surface area (Å²) in [5.74, 6) is -1.30. The molecule has 7 nitrogen and oxygen atoms in total. The Morgan fingerprint density at radius 3 is 1.97 bits per heavy atom. The molecule has 0 saturated carbocycles. The minimum atomic E-state index is -0.845. The summed E-state index contributed by atoms with van der Waals surface area (Å²) in [7, 11) is 1.25. The topological polar surface area (TPSA) is 93.7 Å². The molecule has 1 aliphatic carbocycles. The third-order valence-corrected chi connectivity index (χ3v) is 5.48. The molecule has 7 heteroatoms.